The Morgan fingerprint density at radius 1 is 0.800 bits per heavy atom. The molecule has 0 aromatic carbocycles. The molecule has 1 saturated heterocycles. The lowest BCUT2D eigenvalue weighted by Crippen LogP contribution is -2.67. The molecule has 0 unspecified atom stereocenters. The Bertz CT molecular complexity index is 1160. The zero-order chi connectivity index (χ0) is 33.0. The third-order valence-electron chi connectivity index (χ3n) is 15.4. The molecule has 0 spiro atoms. The third-order valence-corrected chi connectivity index (χ3v) is 15.4. The van der Waals surface area contributed by atoms with Crippen molar-refractivity contribution in [3.8, 4) is 0 Å². The molecule has 6 aliphatic rings. The number of ether oxygens (including phenoxy) is 2. The van der Waals surface area contributed by atoms with Crippen LogP contribution >= 0.6 is 0 Å². The van der Waals surface area contributed by atoms with Gasteiger partial charge in [-0.15, -0.1) is 0 Å². The predicted molar refractivity (Wildman–Crippen MR) is 168 cm³/mol. The molecular formula is C36H60O9. The van der Waals surface area contributed by atoms with Crippen LogP contribution in [0.1, 0.15) is 99.3 Å². The fourth-order valence-corrected chi connectivity index (χ4v) is 12.2. The van der Waals surface area contributed by atoms with E-state index in [1.807, 2.05) is 0 Å². The van der Waals surface area contributed by atoms with Crippen molar-refractivity contribution in [2.75, 3.05) is 19.8 Å². The van der Waals surface area contributed by atoms with Crippen molar-refractivity contribution in [1.82, 2.24) is 0 Å². The molecule has 4 saturated carbocycles. The smallest absolute Gasteiger partial charge is 0.186 e. The summed E-state index contributed by atoms with van der Waals surface area (Å²) < 4.78 is 12.0. The first kappa shape index (κ1) is 34.3. The number of hydrogen-bond acceptors (Lipinski definition) is 9. The van der Waals surface area contributed by atoms with Crippen LogP contribution in [0.2, 0.25) is 0 Å². The van der Waals surface area contributed by atoms with Gasteiger partial charge in [0.15, 0.2) is 6.29 Å². The highest BCUT2D eigenvalue weighted by Gasteiger charge is 2.70. The normalized spacial score (nSPS) is 55.9. The zero-order valence-corrected chi connectivity index (χ0v) is 28.3. The molecule has 0 aromatic rings. The number of aliphatic hydroxyl groups excluding tert-OH is 7. The van der Waals surface area contributed by atoms with Gasteiger partial charge in [0.1, 0.15) is 24.4 Å². The van der Waals surface area contributed by atoms with E-state index in [1.54, 1.807) is 0 Å². The highest BCUT2D eigenvalue weighted by atomic mass is 16.7. The van der Waals surface area contributed by atoms with Gasteiger partial charge in [-0.2, -0.15) is 0 Å². The fourth-order valence-electron chi connectivity index (χ4n) is 12.2. The van der Waals surface area contributed by atoms with Crippen LogP contribution in [0, 0.1) is 50.2 Å². The zero-order valence-electron chi connectivity index (χ0n) is 28.3. The van der Waals surface area contributed by atoms with Crippen molar-refractivity contribution in [2.24, 2.45) is 50.2 Å². The van der Waals surface area contributed by atoms with Crippen molar-refractivity contribution in [3.05, 3.63) is 11.6 Å². The van der Waals surface area contributed by atoms with Gasteiger partial charge in [-0.3, -0.25) is 0 Å². The van der Waals surface area contributed by atoms with Gasteiger partial charge in [-0.25, -0.2) is 0 Å². The van der Waals surface area contributed by atoms with Crippen molar-refractivity contribution in [2.45, 2.75) is 142 Å². The molecule has 0 radical (unpaired) electrons. The summed E-state index contributed by atoms with van der Waals surface area (Å²) in [6, 6.07) is 0. The Morgan fingerprint density at radius 2 is 1.51 bits per heavy atom. The minimum atomic E-state index is -1.51. The second-order valence-corrected chi connectivity index (χ2v) is 17.9. The summed E-state index contributed by atoms with van der Waals surface area (Å²) >= 11 is 0. The Balaban J connectivity index is 1.35. The molecule has 5 fully saturated rings. The molecule has 5 aliphatic carbocycles. The lowest BCUT2D eigenvalue weighted by molar-refractivity contribution is -0.314. The van der Waals surface area contributed by atoms with Crippen LogP contribution in [-0.2, 0) is 9.47 Å². The summed E-state index contributed by atoms with van der Waals surface area (Å²) in [6.45, 7) is 13.5. The fraction of sp³-hybridized carbons (Fsp3) is 0.944. The van der Waals surface area contributed by atoms with E-state index in [0.717, 1.165) is 44.9 Å². The lowest BCUT2D eigenvalue weighted by atomic mass is 9.33. The maximum absolute atomic E-state index is 12.4. The lowest BCUT2D eigenvalue weighted by Gasteiger charge is -2.72. The van der Waals surface area contributed by atoms with E-state index in [9.17, 15) is 35.7 Å². The second kappa shape index (κ2) is 11.2. The van der Waals surface area contributed by atoms with E-state index in [0.29, 0.717) is 18.8 Å². The van der Waals surface area contributed by atoms with Gasteiger partial charge in [0.05, 0.1) is 32.0 Å². The molecule has 0 aromatic heterocycles. The summed E-state index contributed by atoms with van der Waals surface area (Å²) in [5.41, 5.74) is 0.00334. The summed E-state index contributed by atoms with van der Waals surface area (Å²) in [7, 11) is 0. The molecule has 0 bridgehead atoms. The average molecular weight is 637 g/mol. The molecule has 258 valence electrons. The van der Waals surface area contributed by atoms with E-state index in [2.05, 4.69) is 47.6 Å². The largest absolute Gasteiger partial charge is 0.396 e. The van der Waals surface area contributed by atoms with Crippen LogP contribution < -0.4 is 0 Å². The minimum absolute atomic E-state index is 0.0109. The van der Waals surface area contributed by atoms with Gasteiger partial charge in [0.25, 0.3) is 0 Å². The number of hydrogen-bond donors (Lipinski definition) is 7. The Hall–Kier alpha value is -0.620. The Morgan fingerprint density at radius 3 is 2.18 bits per heavy atom. The second-order valence-electron chi connectivity index (χ2n) is 17.9. The molecule has 1 heterocycles. The highest BCUT2D eigenvalue weighted by molar-refractivity contribution is 5.35. The summed E-state index contributed by atoms with van der Waals surface area (Å²) in [5.74, 6) is 0.639. The van der Waals surface area contributed by atoms with Crippen LogP contribution in [-0.4, -0.2) is 98.5 Å². The SMILES string of the molecule is CC1(C)CC[C@@]2(CO[C@@H]3O[C@H](CO)[C@@H](O)[C@H](O)[C@H]3O)[C@H](C1)C1=CC[C@@H]3[C@@]4(C)CC[C@H](O)[C@@](C)(CO)[C@@H]4CC[C@@]3(C)[C@]1(C)C[C@@H]2O. The van der Waals surface area contributed by atoms with Crippen LogP contribution in [0.5, 0.6) is 0 Å². The number of fused-ring (bicyclic) bond motifs is 7. The quantitative estimate of drug-likeness (QED) is 0.225. The highest BCUT2D eigenvalue weighted by Crippen LogP contribution is 2.75. The minimum Gasteiger partial charge on any atom is -0.396 e. The standard InChI is InChI=1S/C36H60O9/c1-31(2)13-14-36(19-44-30-29(43)28(42)27(41)22(17-37)45-30)21(15-31)20-7-8-24-32(3)11-10-25(39)33(4,18-38)23(32)9-12-34(24,5)35(20,6)16-26(36)40/h7,21-30,37-43H,8-19H2,1-6H3/t21-,22-,23-,24-,25+,26+,27-,28+,29-,30-,32+,33+,34-,35-,36-/m1/s1. The maximum Gasteiger partial charge on any atom is 0.186 e. The van der Waals surface area contributed by atoms with E-state index in [1.165, 1.54) is 5.57 Å². The van der Waals surface area contributed by atoms with Crippen LogP contribution in [0.4, 0.5) is 0 Å². The molecule has 9 nitrogen and oxygen atoms in total. The average Bonchev–Trinajstić information content (AvgIpc) is 2.98. The molecule has 9 heteroatoms. The molecule has 1 aliphatic heterocycles. The van der Waals surface area contributed by atoms with Crippen LogP contribution in [0.25, 0.3) is 0 Å². The summed E-state index contributed by atoms with van der Waals surface area (Å²) in [5, 5.41) is 75.1. The molecule has 0 amide bonds. The van der Waals surface area contributed by atoms with E-state index in [4.69, 9.17) is 9.47 Å². The van der Waals surface area contributed by atoms with E-state index in [-0.39, 0.29) is 46.7 Å². The Kier molecular flexibility index (Phi) is 8.53. The van der Waals surface area contributed by atoms with E-state index < -0.39 is 60.4 Å². The van der Waals surface area contributed by atoms with Crippen molar-refractivity contribution in [3.63, 3.8) is 0 Å². The van der Waals surface area contributed by atoms with Gasteiger partial charge >= 0.3 is 0 Å². The summed E-state index contributed by atoms with van der Waals surface area (Å²) in [6.07, 6.45) is 2.26. The molecule has 15 atom stereocenters. The van der Waals surface area contributed by atoms with Gasteiger partial charge < -0.3 is 45.2 Å². The number of rotatable bonds is 5. The van der Waals surface area contributed by atoms with Crippen molar-refractivity contribution in [1.29, 1.82) is 0 Å². The molecular weight excluding hydrogens is 576 g/mol. The van der Waals surface area contributed by atoms with Crippen LogP contribution in [0.3, 0.4) is 0 Å². The molecule has 6 rings (SSSR count). The molecule has 45 heavy (non-hydrogen) atoms. The Labute approximate surface area is 269 Å². The first-order valence-electron chi connectivity index (χ1n) is 17.5. The number of allylic oxidation sites excluding steroid dienone is 2. The predicted octanol–water partition coefficient (Wildman–Crippen LogP) is 2.91. The summed E-state index contributed by atoms with van der Waals surface area (Å²) in [4.78, 5) is 0. The maximum atomic E-state index is 12.4. The van der Waals surface area contributed by atoms with Gasteiger partial charge in [0.2, 0.25) is 0 Å². The van der Waals surface area contributed by atoms with Gasteiger partial charge in [-0.1, -0.05) is 53.2 Å². The van der Waals surface area contributed by atoms with Gasteiger partial charge in [-0.05, 0) is 97.2 Å². The van der Waals surface area contributed by atoms with Gasteiger partial charge in [0, 0.05) is 10.8 Å². The first-order valence-corrected chi connectivity index (χ1v) is 17.5. The van der Waals surface area contributed by atoms with Crippen molar-refractivity contribution >= 4 is 0 Å². The third kappa shape index (κ3) is 4.73. The first-order chi connectivity index (χ1) is 20.9. The monoisotopic (exact) mass is 636 g/mol. The molecule has 7 N–H and O–H groups in total. The van der Waals surface area contributed by atoms with Crippen molar-refractivity contribution < 1.29 is 45.2 Å². The number of aliphatic hydroxyl groups is 7. The topological polar surface area (TPSA) is 160 Å². The van der Waals surface area contributed by atoms with E-state index >= 15 is 0 Å². The van der Waals surface area contributed by atoms with Crippen LogP contribution in [0.15, 0.2) is 11.6 Å².